The van der Waals surface area contributed by atoms with E-state index < -0.39 is 0 Å². The van der Waals surface area contributed by atoms with Crippen molar-refractivity contribution in [2.75, 3.05) is 19.8 Å². The lowest BCUT2D eigenvalue weighted by molar-refractivity contribution is 0.0946. The highest BCUT2D eigenvalue weighted by molar-refractivity contribution is 5.91. The van der Waals surface area contributed by atoms with E-state index in [-0.39, 0.29) is 30.3 Å². The summed E-state index contributed by atoms with van der Waals surface area (Å²) >= 11 is 0. The summed E-state index contributed by atoms with van der Waals surface area (Å²) in [6.07, 6.45) is 2.83. The van der Waals surface area contributed by atoms with E-state index in [0.29, 0.717) is 13.0 Å². The molecule has 0 aliphatic rings. The Bertz CT molecular complexity index is 1030. The number of hydrogen-bond acceptors (Lipinski definition) is 5. The minimum absolute atomic E-state index is 0.198. The molecule has 0 aliphatic heterocycles. The predicted molar refractivity (Wildman–Crippen MR) is 123 cm³/mol. The third-order valence-electron chi connectivity index (χ3n) is 4.80. The molecule has 1 amide bonds. The summed E-state index contributed by atoms with van der Waals surface area (Å²) < 4.78 is 12.5. The quantitative estimate of drug-likeness (QED) is 0.441. The van der Waals surface area contributed by atoms with Crippen molar-refractivity contribution < 1.29 is 14.3 Å². The van der Waals surface area contributed by atoms with Crippen LogP contribution in [0.15, 0.2) is 71.5 Å². The van der Waals surface area contributed by atoms with E-state index in [1.165, 1.54) is 16.8 Å². The Hall–Kier alpha value is -3.61. The van der Waals surface area contributed by atoms with Gasteiger partial charge < -0.3 is 14.8 Å². The molecule has 2 aromatic carbocycles. The summed E-state index contributed by atoms with van der Waals surface area (Å²) in [5.41, 5.74) is 1.02. The maximum Gasteiger partial charge on any atom is 0.271 e. The van der Waals surface area contributed by atoms with Crippen LogP contribution in [0.3, 0.4) is 0 Å². The van der Waals surface area contributed by atoms with Crippen LogP contribution in [-0.2, 0) is 13.0 Å². The minimum atomic E-state index is -0.317. The van der Waals surface area contributed by atoms with E-state index in [1.54, 1.807) is 0 Å². The zero-order chi connectivity index (χ0) is 22.6. The summed E-state index contributed by atoms with van der Waals surface area (Å²) in [7, 11) is 0. The second-order valence-electron chi connectivity index (χ2n) is 7.29. The van der Waals surface area contributed by atoms with E-state index in [0.717, 1.165) is 36.5 Å². The SMILES string of the molecule is CCCCOc1ccc(CCNC(=O)c2ccc(=O)n(CCOc3ccccc3)n2)cc1. The largest absolute Gasteiger partial charge is 0.494 e. The molecule has 1 aromatic heterocycles. The molecule has 0 saturated carbocycles. The molecule has 7 heteroatoms. The monoisotopic (exact) mass is 435 g/mol. The molecule has 1 N–H and O–H groups in total. The second-order valence-corrected chi connectivity index (χ2v) is 7.29. The Kier molecular flexibility index (Phi) is 8.86. The fourth-order valence-electron chi connectivity index (χ4n) is 2.99. The van der Waals surface area contributed by atoms with E-state index in [4.69, 9.17) is 9.47 Å². The zero-order valence-electron chi connectivity index (χ0n) is 18.3. The van der Waals surface area contributed by atoms with Crippen LogP contribution >= 0.6 is 0 Å². The number of aromatic nitrogens is 2. The number of benzene rings is 2. The van der Waals surface area contributed by atoms with Crippen LogP contribution in [0.1, 0.15) is 35.8 Å². The first kappa shape index (κ1) is 23.1. The molecule has 0 spiro atoms. The second kappa shape index (κ2) is 12.3. The number of carbonyl (C=O) groups is 1. The fourth-order valence-corrected chi connectivity index (χ4v) is 2.99. The number of hydrogen-bond donors (Lipinski definition) is 1. The van der Waals surface area contributed by atoms with Gasteiger partial charge in [0.1, 0.15) is 23.8 Å². The van der Waals surface area contributed by atoms with E-state index >= 15 is 0 Å². The lowest BCUT2D eigenvalue weighted by Crippen LogP contribution is -2.31. The number of nitrogens with one attached hydrogen (secondary N) is 1. The smallest absolute Gasteiger partial charge is 0.271 e. The highest BCUT2D eigenvalue weighted by Gasteiger charge is 2.09. The molecule has 32 heavy (non-hydrogen) atoms. The van der Waals surface area contributed by atoms with Gasteiger partial charge in [-0.1, -0.05) is 43.7 Å². The number of unbranched alkanes of at least 4 members (excludes halogenated alkanes) is 1. The number of para-hydroxylation sites is 1. The van der Waals surface area contributed by atoms with E-state index in [1.807, 2.05) is 54.6 Å². The van der Waals surface area contributed by atoms with Crippen molar-refractivity contribution in [1.29, 1.82) is 0 Å². The van der Waals surface area contributed by atoms with Gasteiger partial charge in [-0.2, -0.15) is 5.10 Å². The molecule has 7 nitrogen and oxygen atoms in total. The molecule has 168 valence electrons. The van der Waals surface area contributed by atoms with Crippen LogP contribution in [0.25, 0.3) is 0 Å². The van der Waals surface area contributed by atoms with Gasteiger partial charge in [0, 0.05) is 12.6 Å². The average molecular weight is 436 g/mol. The van der Waals surface area contributed by atoms with Crippen molar-refractivity contribution >= 4 is 5.91 Å². The van der Waals surface area contributed by atoms with Crippen molar-refractivity contribution in [2.45, 2.75) is 32.7 Å². The van der Waals surface area contributed by atoms with E-state index in [9.17, 15) is 9.59 Å². The number of amides is 1. The van der Waals surface area contributed by atoms with Gasteiger partial charge in [0.2, 0.25) is 0 Å². The Morgan fingerprint density at radius 3 is 2.41 bits per heavy atom. The normalized spacial score (nSPS) is 10.5. The topological polar surface area (TPSA) is 82.5 Å². The summed E-state index contributed by atoms with van der Waals surface area (Å²) in [5.74, 6) is 1.26. The molecular weight excluding hydrogens is 406 g/mol. The molecular formula is C25H29N3O4. The highest BCUT2D eigenvalue weighted by atomic mass is 16.5. The third kappa shape index (κ3) is 7.27. The fraction of sp³-hybridized carbons (Fsp3) is 0.320. The van der Waals surface area contributed by atoms with Crippen molar-refractivity contribution in [2.24, 2.45) is 0 Å². The Labute approximate surface area is 188 Å². The van der Waals surface area contributed by atoms with Gasteiger partial charge in [0.15, 0.2) is 0 Å². The lowest BCUT2D eigenvalue weighted by Gasteiger charge is -2.10. The molecule has 0 unspecified atom stereocenters. The Morgan fingerprint density at radius 2 is 1.66 bits per heavy atom. The van der Waals surface area contributed by atoms with Crippen molar-refractivity contribution in [1.82, 2.24) is 15.1 Å². The molecule has 0 fully saturated rings. The highest BCUT2D eigenvalue weighted by Crippen LogP contribution is 2.13. The first-order valence-electron chi connectivity index (χ1n) is 10.9. The lowest BCUT2D eigenvalue weighted by atomic mass is 10.1. The van der Waals surface area contributed by atoms with Gasteiger partial charge in [-0.05, 0) is 48.7 Å². The summed E-state index contributed by atoms with van der Waals surface area (Å²) in [4.78, 5) is 24.5. The maximum atomic E-state index is 12.5. The van der Waals surface area contributed by atoms with Gasteiger partial charge in [-0.15, -0.1) is 0 Å². The molecule has 3 aromatic rings. The van der Waals surface area contributed by atoms with Gasteiger partial charge >= 0.3 is 0 Å². The minimum Gasteiger partial charge on any atom is -0.494 e. The van der Waals surface area contributed by atoms with Crippen LogP contribution in [-0.4, -0.2) is 35.4 Å². The Morgan fingerprint density at radius 1 is 0.938 bits per heavy atom. The van der Waals surface area contributed by atoms with Gasteiger partial charge in [0.05, 0.1) is 13.2 Å². The predicted octanol–water partition coefficient (Wildman–Crippen LogP) is 3.47. The van der Waals surface area contributed by atoms with Gasteiger partial charge in [-0.3, -0.25) is 9.59 Å². The molecule has 3 rings (SSSR count). The Balaban J connectivity index is 1.46. The number of rotatable bonds is 12. The molecule has 1 heterocycles. The van der Waals surface area contributed by atoms with Crippen LogP contribution < -0.4 is 20.3 Å². The van der Waals surface area contributed by atoms with Crippen LogP contribution in [0, 0.1) is 0 Å². The van der Waals surface area contributed by atoms with Crippen molar-refractivity contribution in [3.8, 4) is 11.5 Å². The first-order valence-corrected chi connectivity index (χ1v) is 10.9. The van der Waals surface area contributed by atoms with Gasteiger partial charge in [-0.25, -0.2) is 4.68 Å². The zero-order valence-corrected chi connectivity index (χ0v) is 18.3. The summed E-state index contributed by atoms with van der Waals surface area (Å²) in [6.45, 7) is 3.85. The van der Waals surface area contributed by atoms with Gasteiger partial charge in [0.25, 0.3) is 11.5 Å². The first-order chi connectivity index (χ1) is 15.7. The summed E-state index contributed by atoms with van der Waals surface area (Å²) in [6, 6.07) is 20.0. The standard InChI is InChI=1S/C25H29N3O4/c1-2-3-18-31-22-11-9-20(10-12-22)15-16-26-25(30)23-13-14-24(29)28(27-23)17-19-32-21-7-5-4-6-8-21/h4-14H,2-3,15-19H2,1H3,(H,26,30). The van der Waals surface area contributed by atoms with Crippen LogP contribution in [0.5, 0.6) is 11.5 Å². The third-order valence-corrected chi connectivity index (χ3v) is 4.80. The molecule has 0 bridgehead atoms. The van der Waals surface area contributed by atoms with Crippen LogP contribution in [0.4, 0.5) is 0 Å². The molecule has 0 radical (unpaired) electrons. The van der Waals surface area contributed by atoms with E-state index in [2.05, 4.69) is 17.3 Å². The van der Waals surface area contributed by atoms with Crippen molar-refractivity contribution in [3.63, 3.8) is 0 Å². The molecule has 0 atom stereocenters. The molecule has 0 aliphatic carbocycles. The number of carbonyl (C=O) groups excluding carboxylic acids is 1. The number of ether oxygens (including phenoxy) is 2. The average Bonchev–Trinajstić information content (AvgIpc) is 2.82. The van der Waals surface area contributed by atoms with Crippen molar-refractivity contribution in [3.05, 3.63) is 88.3 Å². The number of nitrogens with zero attached hydrogens (tertiary/aromatic N) is 2. The summed E-state index contributed by atoms with van der Waals surface area (Å²) in [5, 5.41) is 7.03. The molecule has 0 saturated heterocycles. The van der Waals surface area contributed by atoms with Crippen LogP contribution in [0.2, 0.25) is 0 Å². The maximum absolute atomic E-state index is 12.5.